The van der Waals surface area contributed by atoms with Crippen molar-refractivity contribution in [2.75, 3.05) is 10.6 Å². The smallest absolute Gasteiger partial charge is 0.307 e. The van der Waals surface area contributed by atoms with Crippen LogP contribution in [0.15, 0.2) is 144 Å². The first kappa shape index (κ1) is 52.5. The summed E-state index contributed by atoms with van der Waals surface area (Å²) in [6.07, 6.45) is 3.17. The lowest BCUT2D eigenvalue weighted by Crippen LogP contribution is -2.47. The number of aliphatic carboxylic acids is 1. The molecule has 2 aliphatic heterocycles. The van der Waals surface area contributed by atoms with E-state index in [4.69, 9.17) is 10.8 Å². The van der Waals surface area contributed by atoms with Crippen molar-refractivity contribution in [1.29, 1.82) is 0 Å². The van der Waals surface area contributed by atoms with E-state index in [1.165, 1.54) is 13.8 Å². The van der Waals surface area contributed by atoms with Crippen LogP contribution in [0.3, 0.4) is 0 Å². The molecule has 0 saturated heterocycles. The Hall–Kier alpha value is -7.12. The van der Waals surface area contributed by atoms with Gasteiger partial charge in [0.05, 0.1) is 28.7 Å². The van der Waals surface area contributed by atoms with Crippen LogP contribution in [0.25, 0.3) is 0 Å². The van der Waals surface area contributed by atoms with Crippen molar-refractivity contribution in [3.63, 3.8) is 0 Å². The molecule has 0 radical (unpaired) electrons. The van der Waals surface area contributed by atoms with Gasteiger partial charge in [0, 0.05) is 40.0 Å². The number of anilines is 2. The van der Waals surface area contributed by atoms with Crippen LogP contribution >= 0.6 is 0 Å². The number of allylic oxidation sites excluding steroid dienone is 2. The van der Waals surface area contributed by atoms with E-state index in [1.807, 2.05) is 137 Å². The van der Waals surface area contributed by atoms with Gasteiger partial charge in [-0.1, -0.05) is 137 Å². The van der Waals surface area contributed by atoms with Crippen LogP contribution in [0.4, 0.5) is 11.4 Å². The average molecular weight is 909 g/mol. The fourth-order valence-corrected chi connectivity index (χ4v) is 8.01. The number of amides is 3. The Morgan fingerprint density at radius 3 is 1.46 bits per heavy atom. The van der Waals surface area contributed by atoms with Crippen molar-refractivity contribution in [3.8, 4) is 0 Å². The summed E-state index contributed by atoms with van der Waals surface area (Å²) >= 11 is 0. The molecule has 2 aliphatic rings. The number of carbonyl (C=O) groups excluding carboxylic acids is 5. The molecule has 4 aromatic carbocycles. The van der Waals surface area contributed by atoms with Gasteiger partial charge in [0.25, 0.3) is 11.8 Å². The van der Waals surface area contributed by atoms with Crippen molar-refractivity contribution in [1.82, 2.24) is 5.32 Å². The van der Waals surface area contributed by atoms with Crippen molar-refractivity contribution in [3.05, 3.63) is 157 Å². The van der Waals surface area contributed by atoms with Gasteiger partial charge in [0.1, 0.15) is 11.6 Å². The standard InChI is InChI=1S/C27H31N3O3.C15H13N3O.C12H20O3/c1-5-11-20(18(4)31)22(16-17(2)3)26(32)30-25-27(33)28-23-15-10-9-14-21(23)24(29-25)19-12-7-6-8-13-19;16-14-15(19)17-12-9-5-4-8-11(12)13(18-14)10-6-2-1-3-7-10;1-5-6-10(9(4)13)11(12(14)15)7-8(2)3/h5-10,12-15,17,20,22,25H,1,11,16H2,2-4H3,(H,28,33)(H,30,32);1-9,14H,16H2,(H,17,19);5,8,10-11H,1,6-7H2,2-4H3,(H,14,15)/t20-,22-,25?;;10-,11-/m1.1/s1. The van der Waals surface area contributed by atoms with Crippen molar-refractivity contribution >= 4 is 58.1 Å². The van der Waals surface area contributed by atoms with Crippen molar-refractivity contribution in [2.45, 2.75) is 79.6 Å². The molecule has 6 atom stereocenters. The van der Waals surface area contributed by atoms with Crippen molar-refractivity contribution < 1.29 is 33.9 Å². The number of carboxylic acids is 1. The Labute approximate surface area is 394 Å². The van der Waals surface area contributed by atoms with Crippen LogP contribution in [-0.2, 0) is 28.8 Å². The van der Waals surface area contributed by atoms with Gasteiger partial charge < -0.3 is 26.8 Å². The van der Waals surface area contributed by atoms with Crippen LogP contribution in [0, 0.1) is 35.5 Å². The fourth-order valence-electron chi connectivity index (χ4n) is 8.01. The number of nitrogens with zero attached hydrogens (tertiary/aromatic N) is 2. The molecule has 0 fully saturated rings. The quantitative estimate of drug-likeness (QED) is 0.0646. The minimum atomic E-state index is -1.12. The number of Topliss-reactive ketones (excluding diaryl/α,β-unsaturated/α-hetero) is 2. The maximum atomic E-state index is 13.4. The SMILES string of the molecule is C=CC[C@H](C(C)=O)[C@@H](CC(C)C)C(=O)NC1N=C(c2ccccc2)c2ccccc2NC1=O.C=CC[C@H](C(C)=O)[C@@H](CC(C)C)C(=O)O.NC1N=C(c2ccccc2)c2ccccc2NC1=O. The number of nitrogens with one attached hydrogen (secondary N) is 3. The zero-order valence-corrected chi connectivity index (χ0v) is 39.3. The first-order valence-corrected chi connectivity index (χ1v) is 22.6. The van der Waals surface area contributed by atoms with E-state index < -0.39 is 47.9 Å². The summed E-state index contributed by atoms with van der Waals surface area (Å²) in [5.41, 5.74) is 12.0. The van der Waals surface area contributed by atoms with Crippen LogP contribution in [0.5, 0.6) is 0 Å². The van der Waals surface area contributed by atoms with Gasteiger partial charge in [-0.15, -0.1) is 13.2 Å². The van der Waals surface area contributed by atoms with E-state index in [1.54, 1.807) is 12.2 Å². The predicted octanol–water partition coefficient (Wildman–Crippen LogP) is 8.64. The van der Waals surface area contributed by atoms with E-state index in [2.05, 4.69) is 39.1 Å². The highest BCUT2D eigenvalue weighted by Crippen LogP contribution is 2.29. The molecule has 13 heteroatoms. The van der Waals surface area contributed by atoms with Crippen molar-refractivity contribution in [2.24, 2.45) is 51.2 Å². The predicted molar refractivity (Wildman–Crippen MR) is 266 cm³/mol. The van der Waals surface area contributed by atoms with Gasteiger partial charge in [-0.25, -0.2) is 4.99 Å². The third-order valence-electron chi connectivity index (χ3n) is 11.3. The molecule has 6 N–H and O–H groups in total. The molecule has 0 saturated carbocycles. The largest absolute Gasteiger partial charge is 0.481 e. The molecule has 3 amide bonds. The molecule has 352 valence electrons. The van der Waals surface area contributed by atoms with Crippen LogP contribution in [0.2, 0.25) is 0 Å². The molecule has 13 nitrogen and oxygen atoms in total. The summed E-state index contributed by atoms with van der Waals surface area (Å²) in [6, 6.07) is 34.3. The Balaban J connectivity index is 0.000000243. The van der Waals surface area contributed by atoms with Gasteiger partial charge in [-0.2, -0.15) is 0 Å². The number of hydrogen-bond donors (Lipinski definition) is 5. The monoisotopic (exact) mass is 908 g/mol. The average Bonchev–Trinajstić information content (AvgIpc) is 3.52. The summed E-state index contributed by atoms with van der Waals surface area (Å²) < 4.78 is 0. The summed E-state index contributed by atoms with van der Waals surface area (Å²) in [4.78, 5) is 82.0. The second-order valence-corrected chi connectivity index (χ2v) is 17.4. The molecule has 67 heavy (non-hydrogen) atoms. The lowest BCUT2D eigenvalue weighted by molar-refractivity contribution is -0.147. The number of carbonyl (C=O) groups is 6. The molecular weight excluding hydrogens is 845 g/mol. The highest BCUT2D eigenvalue weighted by atomic mass is 16.4. The minimum absolute atomic E-state index is 0.0667. The molecule has 0 spiro atoms. The van der Waals surface area contributed by atoms with E-state index in [0.29, 0.717) is 37.1 Å². The number of carboxylic acid groups (broad SMARTS) is 1. The van der Waals surface area contributed by atoms with Gasteiger partial charge in [-0.05, 0) is 63.5 Å². The molecule has 4 aromatic rings. The maximum Gasteiger partial charge on any atom is 0.307 e. The van der Waals surface area contributed by atoms with E-state index >= 15 is 0 Å². The lowest BCUT2D eigenvalue weighted by Gasteiger charge is -2.26. The number of aliphatic imine (C=N–C) groups is 2. The second kappa shape index (κ2) is 25.5. The molecule has 6 rings (SSSR count). The van der Waals surface area contributed by atoms with Gasteiger partial charge >= 0.3 is 5.97 Å². The topological polar surface area (TPSA) is 209 Å². The Morgan fingerprint density at radius 2 is 1.03 bits per heavy atom. The van der Waals surface area contributed by atoms with Crippen LogP contribution in [0.1, 0.15) is 89.5 Å². The molecular formula is C54H64N6O7. The van der Waals surface area contributed by atoms with Gasteiger partial charge in [-0.3, -0.25) is 33.8 Å². The Morgan fingerprint density at radius 1 is 0.627 bits per heavy atom. The number of ketones is 2. The van der Waals surface area contributed by atoms with Gasteiger partial charge in [0.2, 0.25) is 12.1 Å². The summed E-state index contributed by atoms with van der Waals surface area (Å²) in [5.74, 6) is -3.69. The minimum Gasteiger partial charge on any atom is -0.481 e. The number of benzene rings is 4. The Kier molecular flexibility index (Phi) is 20.0. The lowest BCUT2D eigenvalue weighted by atomic mass is 9.80. The van der Waals surface area contributed by atoms with Gasteiger partial charge in [0.15, 0.2) is 6.17 Å². The number of hydrogen-bond acceptors (Lipinski definition) is 9. The molecule has 0 bridgehead atoms. The summed E-state index contributed by atoms with van der Waals surface area (Å²) in [6.45, 7) is 18.2. The first-order valence-electron chi connectivity index (χ1n) is 22.6. The molecule has 2 heterocycles. The Bertz CT molecular complexity index is 2450. The maximum absolute atomic E-state index is 13.4. The number of nitrogens with two attached hydrogens (primary N) is 1. The number of fused-ring (bicyclic) bond motifs is 2. The molecule has 0 aromatic heterocycles. The van der Waals surface area contributed by atoms with Crippen LogP contribution in [-0.4, -0.2) is 64.1 Å². The van der Waals surface area contributed by atoms with E-state index in [0.717, 1.165) is 33.7 Å². The number of benzodiazepines with no additional fused rings is 2. The highest BCUT2D eigenvalue weighted by Gasteiger charge is 2.35. The van der Waals surface area contributed by atoms with E-state index in [9.17, 15) is 28.8 Å². The third kappa shape index (κ3) is 15.0. The molecule has 2 unspecified atom stereocenters. The first-order chi connectivity index (χ1) is 32.0. The number of para-hydroxylation sites is 2. The zero-order valence-electron chi connectivity index (χ0n) is 39.3. The van der Waals surface area contributed by atoms with E-state index in [-0.39, 0.29) is 35.2 Å². The summed E-state index contributed by atoms with van der Waals surface area (Å²) in [7, 11) is 0. The normalized spacial score (nSPS) is 16.9. The third-order valence-corrected chi connectivity index (χ3v) is 11.3. The number of rotatable bonds is 17. The molecule has 0 aliphatic carbocycles. The second-order valence-electron chi connectivity index (χ2n) is 17.4. The zero-order chi connectivity index (χ0) is 49.2. The fraction of sp³-hybridized carbons (Fsp3) is 0.333. The highest BCUT2D eigenvalue weighted by molar-refractivity contribution is 6.20. The van der Waals surface area contributed by atoms with Crippen LogP contribution < -0.4 is 21.7 Å². The summed E-state index contributed by atoms with van der Waals surface area (Å²) in [5, 5.41) is 17.6.